The minimum atomic E-state index is -0.711. The number of amides is 1. The van der Waals surface area contributed by atoms with Crippen molar-refractivity contribution in [2.75, 3.05) is 13.1 Å². The molecule has 1 aromatic rings. The topological polar surface area (TPSA) is 49.8 Å². The first-order valence-electron chi connectivity index (χ1n) is 7.40. The van der Waals surface area contributed by atoms with Crippen molar-refractivity contribution in [3.8, 4) is 0 Å². The van der Waals surface area contributed by atoms with Gasteiger partial charge in [-0.15, -0.1) is 0 Å². The number of hydrogen-bond acceptors (Lipinski definition) is 3. The van der Waals surface area contributed by atoms with Gasteiger partial charge in [-0.25, -0.2) is 4.79 Å². The Bertz CT molecular complexity index is 437. The molecule has 1 aromatic carbocycles. The number of hydrogen-bond donors (Lipinski definition) is 1. The van der Waals surface area contributed by atoms with Crippen LogP contribution in [0, 0.1) is 5.92 Å². The number of aliphatic hydroxyl groups excluding tert-OH is 1. The molecular formula is C17H27NO3. The van der Waals surface area contributed by atoms with Gasteiger partial charge in [-0.2, -0.15) is 0 Å². The third-order valence-electron chi connectivity index (χ3n) is 2.81. The molecule has 0 radical (unpaired) electrons. The minimum Gasteiger partial charge on any atom is -0.444 e. The SMILES string of the molecule is CC(C)CN(CC(O)c1ccccc1)C(=O)OC(C)(C)C. The Morgan fingerprint density at radius 3 is 2.24 bits per heavy atom. The van der Waals surface area contributed by atoms with E-state index in [1.165, 1.54) is 0 Å². The molecule has 0 fully saturated rings. The monoisotopic (exact) mass is 293 g/mol. The van der Waals surface area contributed by atoms with Crippen molar-refractivity contribution in [1.29, 1.82) is 0 Å². The summed E-state index contributed by atoms with van der Waals surface area (Å²) in [6, 6.07) is 9.36. The van der Waals surface area contributed by atoms with Gasteiger partial charge in [-0.3, -0.25) is 0 Å². The molecule has 0 aliphatic carbocycles. The van der Waals surface area contributed by atoms with Crippen LogP contribution < -0.4 is 0 Å². The highest BCUT2D eigenvalue weighted by Crippen LogP contribution is 2.17. The summed E-state index contributed by atoms with van der Waals surface area (Å²) in [4.78, 5) is 13.8. The lowest BCUT2D eigenvalue weighted by molar-refractivity contribution is 0.0119. The summed E-state index contributed by atoms with van der Waals surface area (Å²) in [5, 5.41) is 10.3. The lowest BCUT2D eigenvalue weighted by atomic mass is 10.1. The van der Waals surface area contributed by atoms with Crippen LogP contribution in [0.25, 0.3) is 0 Å². The molecule has 1 atom stereocenters. The molecule has 4 nitrogen and oxygen atoms in total. The molecule has 21 heavy (non-hydrogen) atoms. The molecule has 0 heterocycles. The summed E-state index contributed by atoms with van der Waals surface area (Å²) in [5.74, 6) is 0.306. The summed E-state index contributed by atoms with van der Waals surface area (Å²) < 4.78 is 5.41. The highest BCUT2D eigenvalue weighted by Gasteiger charge is 2.25. The number of carbonyl (C=O) groups is 1. The Balaban J connectivity index is 2.76. The Labute approximate surface area is 127 Å². The van der Waals surface area contributed by atoms with Gasteiger partial charge in [-0.05, 0) is 32.3 Å². The quantitative estimate of drug-likeness (QED) is 0.902. The summed E-state index contributed by atoms with van der Waals surface area (Å²) in [5.41, 5.74) is 0.263. The smallest absolute Gasteiger partial charge is 0.410 e. The maximum atomic E-state index is 12.3. The summed E-state index contributed by atoms with van der Waals surface area (Å²) >= 11 is 0. The average Bonchev–Trinajstić information content (AvgIpc) is 2.36. The largest absolute Gasteiger partial charge is 0.444 e. The first-order valence-corrected chi connectivity index (χ1v) is 7.40. The lowest BCUT2D eigenvalue weighted by Crippen LogP contribution is -2.41. The van der Waals surface area contributed by atoms with E-state index in [-0.39, 0.29) is 12.6 Å². The molecule has 0 saturated carbocycles. The van der Waals surface area contributed by atoms with E-state index in [4.69, 9.17) is 4.74 Å². The van der Waals surface area contributed by atoms with Crippen molar-refractivity contribution in [3.05, 3.63) is 35.9 Å². The number of nitrogens with zero attached hydrogens (tertiary/aromatic N) is 1. The summed E-state index contributed by atoms with van der Waals surface area (Å²) in [6.07, 6.45) is -1.09. The molecule has 1 N–H and O–H groups in total. The van der Waals surface area contributed by atoms with Crippen LogP contribution in [0.2, 0.25) is 0 Å². The molecule has 0 aromatic heterocycles. The first kappa shape index (κ1) is 17.5. The third-order valence-corrected chi connectivity index (χ3v) is 2.81. The van der Waals surface area contributed by atoms with Gasteiger partial charge in [0.2, 0.25) is 0 Å². The van der Waals surface area contributed by atoms with Crippen LogP contribution in [-0.2, 0) is 4.74 Å². The van der Waals surface area contributed by atoms with Crippen molar-refractivity contribution < 1.29 is 14.6 Å². The predicted octanol–water partition coefficient (Wildman–Crippen LogP) is 3.61. The van der Waals surface area contributed by atoms with Gasteiger partial charge in [0.25, 0.3) is 0 Å². The number of benzene rings is 1. The predicted molar refractivity (Wildman–Crippen MR) is 84.0 cm³/mol. The van der Waals surface area contributed by atoms with E-state index in [9.17, 15) is 9.90 Å². The second-order valence-corrected chi connectivity index (χ2v) is 6.71. The number of ether oxygens (including phenoxy) is 1. The minimum absolute atomic E-state index is 0.233. The van der Waals surface area contributed by atoms with Gasteiger partial charge in [-0.1, -0.05) is 44.2 Å². The molecule has 1 amide bonds. The van der Waals surface area contributed by atoms with Gasteiger partial charge in [0.15, 0.2) is 0 Å². The Morgan fingerprint density at radius 2 is 1.76 bits per heavy atom. The van der Waals surface area contributed by atoms with E-state index in [0.717, 1.165) is 5.56 Å². The van der Waals surface area contributed by atoms with E-state index in [2.05, 4.69) is 0 Å². The van der Waals surface area contributed by atoms with Gasteiger partial charge in [0.05, 0.1) is 12.6 Å². The van der Waals surface area contributed by atoms with E-state index in [1.807, 2.05) is 65.0 Å². The zero-order chi connectivity index (χ0) is 16.0. The maximum absolute atomic E-state index is 12.3. The Hall–Kier alpha value is -1.55. The summed E-state index contributed by atoms with van der Waals surface area (Å²) in [6.45, 7) is 10.4. The van der Waals surface area contributed by atoms with Crippen molar-refractivity contribution in [2.45, 2.75) is 46.3 Å². The van der Waals surface area contributed by atoms with E-state index in [0.29, 0.717) is 12.5 Å². The highest BCUT2D eigenvalue weighted by atomic mass is 16.6. The third kappa shape index (κ3) is 6.63. The van der Waals surface area contributed by atoms with Crippen molar-refractivity contribution in [1.82, 2.24) is 4.90 Å². The molecule has 0 spiro atoms. The molecule has 0 saturated heterocycles. The van der Waals surface area contributed by atoms with Crippen LogP contribution in [0.4, 0.5) is 4.79 Å². The van der Waals surface area contributed by atoms with Crippen LogP contribution >= 0.6 is 0 Å². The maximum Gasteiger partial charge on any atom is 0.410 e. The van der Waals surface area contributed by atoms with Gasteiger partial charge < -0.3 is 14.7 Å². The van der Waals surface area contributed by atoms with Crippen molar-refractivity contribution in [3.63, 3.8) is 0 Å². The van der Waals surface area contributed by atoms with Crippen molar-refractivity contribution in [2.24, 2.45) is 5.92 Å². The number of rotatable bonds is 5. The van der Waals surface area contributed by atoms with E-state index in [1.54, 1.807) is 4.90 Å². The van der Waals surface area contributed by atoms with Crippen LogP contribution in [0.15, 0.2) is 30.3 Å². The molecule has 4 heteroatoms. The van der Waals surface area contributed by atoms with Gasteiger partial charge in [0.1, 0.15) is 5.60 Å². The molecule has 0 aliphatic heterocycles. The van der Waals surface area contributed by atoms with Crippen molar-refractivity contribution >= 4 is 6.09 Å². The lowest BCUT2D eigenvalue weighted by Gasteiger charge is -2.30. The second kappa shape index (κ2) is 7.46. The van der Waals surface area contributed by atoms with Crippen LogP contribution in [0.1, 0.15) is 46.3 Å². The fourth-order valence-electron chi connectivity index (χ4n) is 1.98. The number of carbonyl (C=O) groups excluding carboxylic acids is 1. The van der Waals surface area contributed by atoms with Gasteiger partial charge >= 0.3 is 6.09 Å². The molecule has 0 bridgehead atoms. The average molecular weight is 293 g/mol. The Kier molecular flexibility index (Phi) is 6.21. The molecule has 1 rings (SSSR count). The van der Waals surface area contributed by atoms with Crippen LogP contribution in [0.3, 0.4) is 0 Å². The van der Waals surface area contributed by atoms with Crippen LogP contribution in [0.5, 0.6) is 0 Å². The van der Waals surface area contributed by atoms with Gasteiger partial charge in [0, 0.05) is 6.54 Å². The molecule has 0 aliphatic rings. The highest BCUT2D eigenvalue weighted by molar-refractivity contribution is 5.68. The number of aliphatic hydroxyl groups is 1. The molecule has 118 valence electrons. The fraction of sp³-hybridized carbons (Fsp3) is 0.588. The normalized spacial score (nSPS) is 13.1. The standard InChI is InChI=1S/C17H27NO3/c1-13(2)11-18(16(20)21-17(3,4)5)12-15(19)14-9-7-6-8-10-14/h6-10,13,15,19H,11-12H2,1-5H3. The molecule has 1 unspecified atom stereocenters. The fourth-order valence-corrected chi connectivity index (χ4v) is 1.98. The van der Waals surface area contributed by atoms with E-state index < -0.39 is 11.7 Å². The second-order valence-electron chi connectivity index (χ2n) is 6.71. The molecular weight excluding hydrogens is 266 g/mol. The first-order chi connectivity index (χ1) is 9.69. The zero-order valence-electron chi connectivity index (χ0n) is 13.7. The van der Waals surface area contributed by atoms with Crippen LogP contribution in [-0.4, -0.2) is 34.8 Å². The summed E-state index contributed by atoms with van der Waals surface area (Å²) in [7, 11) is 0. The zero-order valence-corrected chi connectivity index (χ0v) is 13.7. The Morgan fingerprint density at radius 1 is 1.19 bits per heavy atom. The van der Waals surface area contributed by atoms with E-state index >= 15 is 0 Å².